The van der Waals surface area contributed by atoms with E-state index >= 15 is 0 Å². The molecule has 2 rings (SSSR count). The van der Waals surface area contributed by atoms with E-state index in [1.54, 1.807) is 6.07 Å². The monoisotopic (exact) mass is 299 g/mol. The van der Waals surface area contributed by atoms with Gasteiger partial charge in [0, 0.05) is 18.7 Å². The van der Waals surface area contributed by atoms with Crippen molar-refractivity contribution < 1.29 is 23.0 Å². The van der Waals surface area contributed by atoms with Crippen molar-refractivity contribution in [2.24, 2.45) is 0 Å². The average Bonchev–Trinajstić information content (AvgIpc) is 2.48. The topological polar surface area (TPSA) is 47.6 Å². The van der Waals surface area contributed by atoms with Crippen LogP contribution in [-0.4, -0.2) is 31.8 Å². The fraction of sp³-hybridized carbons (Fsp3) is 0.533. The van der Waals surface area contributed by atoms with Crippen LogP contribution < -0.4 is 10.1 Å². The summed E-state index contributed by atoms with van der Waals surface area (Å²) >= 11 is 0. The third kappa shape index (κ3) is 5.30. The molecular formula is C15H19F2NO3. The number of alkyl halides is 2. The number of carbonyl (C=O) groups is 1. The number of ether oxygens (including phenoxy) is 2. The van der Waals surface area contributed by atoms with E-state index in [4.69, 9.17) is 4.74 Å². The van der Waals surface area contributed by atoms with Crippen LogP contribution in [0.2, 0.25) is 0 Å². The minimum Gasteiger partial charge on any atom is -0.435 e. The third-order valence-corrected chi connectivity index (χ3v) is 3.35. The molecule has 0 bridgehead atoms. The Morgan fingerprint density at radius 3 is 3.00 bits per heavy atom. The van der Waals surface area contributed by atoms with Gasteiger partial charge in [-0.25, -0.2) is 0 Å². The fourth-order valence-corrected chi connectivity index (χ4v) is 2.30. The minimum absolute atomic E-state index is 0.0201. The Balaban J connectivity index is 1.79. The highest BCUT2D eigenvalue weighted by molar-refractivity contribution is 5.94. The summed E-state index contributed by atoms with van der Waals surface area (Å²) in [6, 6.07) is 5.76. The van der Waals surface area contributed by atoms with Crippen LogP contribution in [0.25, 0.3) is 0 Å². The van der Waals surface area contributed by atoms with E-state index in [1.165, 1.54) is 18.2 Å². The van der Waals surface area contributed by atoms with Gasteiger partial charge in [-0.3, -0.25) is 4.79 Å². The molecule has 0 radical (unpaired) electrons. The van der Waals surface area contributed by atoms with E-state index in [-0.39, 0.29) is 17.8 Å². The molecular weight excluding hydrogens is 280 g/mol. The van der Waals surface area contributed by atoms with Gasteiger partial charge in [-0.05, 0) is 43.9 Å². The molecule has 1 N–H and O–H groups in total. The first-order chi connectivity index (χ1) is 10.1. The van der Waals surface area contributed by atoms with E-state index in [0.29, 0.717) is 12.1 Å². The molecule has 0 aromatic heterocycles. The van der Waals surface area contributed by atoms with Crippen LogP contribution in [0, 0.1) is 0 Å². The van der Waals surface area contributed by atoms with E-state index in [9.17, 15) is 13.6 Å². The molecule has 1 unspecified atom stereocenters. The molecule has 1 fully saturated rings. The van der Waals surface area contributed by atoms with Gasteiger partial charge in [0.25, 0.3) is 5.91 Å². The van der Waals surface area contributed by atoms with Crippen LogP contribution >= 0.6 is 0 Å². The Bertz CT molecular complexity index is 462. The van der Waals surface area contributed by atoms with Crippen molar-refractivity contribution in [2.45, 2.75) is 38.4 Å². The predicted molar refractivity (Wildman–Crippen MR) is 73.6 cm³/mol. The van der Waals surface area contributed by atoms with E-state index in [0.717, 1.165) is 32.3 Å². The number of amides is 1. The lowest BCUT2D eigenvalue weighted by Crippen LogP contribution is -2.29. The van der Waals surface area contributed by atoms with Crippen molar-refractivity contribution in [2.75, 3.05) is 13.2 Å². The van der Waals surface area contributed by atoms with Crippen LogP contribution in [0.15, 0.2) is 24.3 Å². The average molecular weight is 299 g/mol. The molecule has 1 aliphatic heterocycles. The van der Waals surface area contributed by atoms with Crippen LogP contribution in [0.5, 0.6) is 5.75 Å². The number of rotatable bonds is 6. The number of nitrogens with one attached hydrogen (secondary N) is 1. The zero-order chi connectivity index (χ0) is 15.1. The second-order valence-electron chi connectivity index (χ2n) is 4.94. The third-order valence-electron chi connectivity index (χ3n) is 3.35. The highest BCUT2D eigenvalue weighted by Gasteiger charge is 2.14. The van der Waals surface area contributed by atoms with E-state index in [1.807, 2.05) is 0 Å². The summed E-state index contributed by atoms with van der Waals surface area (Å²) in [4.78, 5) is 11.9. The van der Waals surface area contributed by atoms with Gasteiger partial charge >= 0.3 is 6.61 Å². The molecule has 0 spiro atoms. The van der Waals surface area contributed by atoms with Crippen molar-refractivity contribution >= 4 is 5.91 Å². The summed E-state index contributed by atoms with van der Waals surface area (Å²) in [5.74, 6) is -0.321. The lowest BCUT2D eigenvalue weighted by Gasteiger charge is -2.22. The van der Waals surface area contributed by atoms with Crippen molar-refractivity contribution in [1.29, 1.82) is 0 Å². The number of hydrogen-bond donors (Lipinski definition) is 1. The number of hydrogen-bond acceptors (Lipinski definition) is 3. The lowest BCUT2D eigenvalue weighted by molar-refractivity contribution is -0.0498. The van der Waals surface area contributed by atoms with Gasteiger partial charge in [-0.15, -0.1) is 0 Å². The minimum atomic E-state index is -2.90. The van der Waals surface area contributed by atoms with Crippen LogP contribution in [0.4, 0.5) is 8.78 Å². The summed E-state index contributed by atoms with van der Waals surface area (Å²) < 4.78 is 34.1. The Labute approximate surface area is 122 Å². The highest BCUT2D eigenvalue weighted by Crippen LogP contribution is 2.17. The van der Waals surface area contributed by atoms with Gasteiger partial charge in [0.05, 0.1) is 6.10 Å². The van der Waals surface area contributed by atoms with Crippen LogP contribution in [0.1, 0.15) is 36.0 Å². The second kappa shape index (κ2) is 7.93. The van der Waals surface area contributed by atoms with Crippen LogP contribution in [-0.2, 0) is 4.74 Å². The van der Waals surface area contributed by atoms with Crippen molar-refractivity contribution in [3.63, 3.8) is 0 Å². The molecule has 0 aliphatic carbocycles. The molecule has 1 aromatic rings. The summed E-state index contributed by atoms with van der Waals surface area (Å²) in [6.45, 7) is -1.61. The van der Waals surface area contributed by atoms with Gasteiger partial charge < -0.3 is 14.8 Å². The molecule has 0 saturated carbocycles. The molecule has 21 heavy (non-hydrogen) atoms. The Hall–Kier alpha value is -1.69. The smallest absolute Gasteiger partial charge is 0.387 e. The van der Waals surface area contributed by atoms with Crippen molar-refractivity contribution in [3.8, 4) is 5.75 Å². The molecule has 6 heteroatoms. The van der Waals surface area contributed by atoms with Crippen molar-refractivity contribution in [1.82, 2.24) is 5.32 Å². The maximum absolute atomic E-state index is 12.1. The first-order valence-electron chi connectivity index (χ1n) is 7.10. The molecule has 1 atom stereocenters. The van der Waals surface area contributed by atoms with Gasteiger partial charge in [-0.2, -0.15) is 8.78 Å². The standard InChI is InChI=1S/C15H19F2NO3/c16-15(17)21-13-6-3-4-11(10-13)14(19)18-8-7-12-5-1-2-9-20-12/h3-4,6,10,12,15H,1-2,5,7-9H2,(H,18,19). The summed E-state index contributed by atoms with van der Waals surface area (Å²) in [5, 5.41) is 2.76. The Kier molecular flexibility index (Phi) is 5.92. The quantitative estimate of drug-likeness (QED) is 0.878. The molecule has 116 valence electrons. The molecule has 1 heterocycles. The van der Waals surface area contributed by atoms with Crippen LogP contribution in [0.3, 0.4) is 0 Å². The second-order valence-corrected chi connectivity index (χ2v) is 4.94. The summed E-state index contributed by atoms with van der Waals surface area (Å²) in [6.07, 6.45) is 4.24. The lowest BCUT2D eigenvalue weighted by atomic mass is 10.1. The largest absolute Gasteiger partial charge is 0.435 e. The zero-order valence-electron chi connectivity index (χ0n) is 11.7. The normalized spacial score (nSPS) is 18.5. The van der Waals surface area contributed by atoms with Gasteiger partial charge in [0.15, 0.2) is 0 Å². The van der Waals surface area contributed by atoms with E-state index in [2.05, 4.69) is 10.1 Å². The molecule has 1 aromatic carbocycles. The Morgan fingerprint density at radius 1 is 1.43 bits per heavy atom. The summed E-state index contributed by atoms with van der Waals surface area (Å²) in [5.41, 5.74) is 0.303. The van der Waals surface area contributed by atoms with Gasteiger partial charge in [0.1, 0.15) is 5.75 Å². The molecule has 1 saturated heterocycles. The fourth-order valence-electron chi connectivity index (χ4n) is 2.30. The maximum atomic E-state index is 12.1. The first kappa shape index (κ1) is 15.7. The van der Waals surface area contributed by atoms with Crippen molar-refractivity contribution in [3.05, 3.63) is 29.8 Å². The zero-order valence-corrected chi connectivity index (χ0v) is 11.7. The summed E-state index contributed by atoms with van der Waals surface area (Å²) in [7, 11) is 0. The number of carbonyl (C=O) groups excluding carboxylic acids is 1. The molecule has 1 aliphatic rings. The highest BCUT2D eigenvalue weighted by atomic mass is 19.3. The Morgan fingerprint density at radius 2 is 2.29 bits per heavy atom. The molecule has 1 amide bonds. The SMILES string of the molecule is O=C(NCCC1CCCCO1)c1cccc(OC(F)F)c1. The van der Waals surface area contributed by atoms with E-state index < -0.39 is 6.61 Å². The molecule has 4 nitrogen and oxygen atoms in total. The first-order valence-corrected chi connectivity index (χ1v) is 7.10. The maximum Gasteiger partial charge on any atom is 0.387 e. The number of halogens is 2. The number of benzene rings is 1. The predicted octanol–water partition coefficient (Wildman–Crippen LogP) is 2.98. The van der Waals surface area contributed by atoms with Gasteiger partial charge in [0.2, 0.25) is 0 Å². The van der Waals surface area contributed by atoms with Gasteiger partial charge in [-0.1, -0.05) is 6.07 Å².